The van der Waals surface area contributed by atoms with Crippen LogP contribution in [0, 0.1) is 5.92 Å². The average Bonchev–Trinajstić information content (AvgIpc) is 2.52. The second kappa shape index (κ2) is 8.04. The summed E-state index contributed by atoms with van der Waals surface area (Å²) >= 11 is 0. The summed E-state index contributed by atoms with van der Waals surface area (Å²) < 4.78 is 10.5. The molecular formula is C18H27NO5. The van der Waals surface area contributed by atoms with E-state index in [1.54, 1.807) is 39.2 Å². The molecule has 0 heterocycles. The summed E-state index contributed by atoms with van der Waals surface area (Å²) in [5.41, 5.74) is -0.198. The van der Waals surface area contributed by atoms with Crippen molar-refractivity contribution in [2.75, 3.05) is 14.2 Å². The Morgan fingerprint density at radius 1 is 1.17 bits per heavy atom. The Hall–Kier alpha value is -2.24. The number of rotatable bonds is 8. The molecule has 1 amide bonds. The first-order valence-electron chi connectivity index (χ1n) is 7.89. The molecule has 0 saturated heterocycles. The highest BCUT2D eigenvalue weighted by molar-refractivity contribution is 5.91. The van der Waals surface area contributed by atoms with Crippen molar-refractivity contribution in [3.05, 3.63) is 23.8 Å². The summed E-state index contributed by atoms with van der Waals surface area (Å²) in [5, 5.41) is 11.9. The summed E-state index contributed by atoms with van der Waals surface area (Å²) in [6.45, 7) is 7.33. The van der Waals surface area contributed by atoms with E-state index in [9.17, 15) is 14.7 Å². The zero-order valence-corrected chi connectivity index (χ0v) is 15.2. The molecule has 24 heavy (non-hydrogen) atoms. The summed E-state index contributed by atoms with van der Waals surface area (Å²) in [4.78, 5) is 24.0. The molecule has 0 unspecified atom stereocenters. The first-order chi connectivity index (χ1) is 11.1. The van der Waals surface area contributed by atoms with Crippen molar-refractivity contribution < 1.29 is 24.2 Å². The Morgan fingerprint density at radius 2 is 1.75 bits per heavy atom. The van der Waals surface area contributed by atoms with Crippen LogP contribution >= 0.6 is 0 Å². The van der Waals surface area contributed by atoms with Crippen LogP contribution in [0.25, 0.3) is 0 Å². The molecule has 6 heteroatoms. The van der Waals surface area contributed by atoms with Crippen LogP contribution in [0.5, 0.6) is 11.5 Å². The van der Waals surface area contributed by atoms with Crippen molar-refractivity contribution in [2.24, 2.45) is 5.92 Å². The van der Waals surface area contributed by atoms with Gasteiger partial charge in [-0.3, -0.25) is 4.79 Å². The Balaban J connectivity index is 3.05. The molecule has 0 aromatic heterocycles. The number of ether oxygens (including phenoxy) is 2. The lowest BCUT2D eigenvalue weighted by Gasteiger charge is -2.27. The summed E-state index contributed by atoms with van der Waals surface area (Å²) in [6.07, 6.45) is 0.378. The van der Waals surface area contributed by atoms with Gasteiger partial charge in [0.2, 0.25) is 5.91 Å². The number of hydrogen-bond acceptors (Lipinski definition) is 4. The van der Waals surface area contributed by atoms with E-state index >= 15 is 0 Å². The maximum absolute atomic E-state index is 12.7. The minimum absolute atomic E-state index is 0.163. The number of carboxylic acid groups (broad SMARTS) is 1. The first-order valence-corrected chi connectivity index (χ1v) is 7.89. The quantitative estimate of drug-likeness (QED) is 0.761. The molecule has 2 N–H and O–H groups in total. The van der Waals surface area contributed by atoms with Gasteiger partial charge in [-0.05, 0) is 43.9 Å². The van der Waals surface area contributed by atoms with Crippen LogP contribution in [-0.4, -0.2) is 37.2 Å². The minimum atomic E-state index is -1.03. The summed E-state index contributed by atoms with van der Waals surface area (Å²) in [6, 6.07) is 4.33. The predicted molar refractivity (Wildman–Crippen MR) is 91.6 cm³/mol. The molecule has 0 saturated carbocycles. The molecule has 6 nitrogen and oxygen atoms in total. The van der Waals surface area contributed by atoms with Crippen LogP contribution in [0.3, 0.4) is 0 Å². The van der Waals surface area contributed by atoms with E-state index in [-0.39, 0.29) is 11.8 Å². The van der Waals surface area contributed by atoms with Gasteiger partial charge in [0.05, 0.1) is 19.6 Å². The van der Waals surface area contributed by atoms with Crippen molar-refractivity contribution in [1.82, 2.24) is 5.32 Å². The van der Waals surface area contributed by atoms with E-state index in [2.05, 4.69) is 5.32 Å². The fraction of sp³-hybridized carbons (Fsp3) is 0.556. The van der Waals surface area contributed by atoms with E-state index < -0.39 is 17.4 Å². The number of nitrogens with one attached hydrogen (secondary N) is 1. The zero-order valence-electron chi connectivity index (χ0n) is 15.2. The van der Waals surface area contributed by atoms with Gasteiger partial charge in [0.1, 0.15) is 6.04 Å². The molecule has 0 aliphatic carbocycles. The number of hydrogen-bond donors (Lipinski definition) is 2. The van der Waals surface area contributed by atoms with Gasteiger partial charge in [-0.15, -0.1) is 0 Å². The standard InChI is InChI=1S/C18H27NO5/c1-11(2)9-13(16(20)21)19-17(22)18(3,4)12-7-8-14(23-5)15(10-12)24-6/h7-8,10-11,13H,9H2,1-6H3,(H,19,22)(H,20,21)/t13-/m1/s1. The molecule has 0 aliphatic rings. The monoisotopic (exact) mass is 337 g/mol. The SMILES string of the molecule is COc1ccc(C(C)(C)C(=O)N[C@H](CC(C)C)C(=O)O)cc1OC. The van der Waals surface area contributed by atoms with Crippen LogP contribution in [0.4, 0.5) is 0 Å². The van der Waals surface area contributed by atoms with Crippen molar-refractivity contribution in [3.63, 3.8) is 0 Å². The van der Waals surface area contributed by atoms with E-state index in [0.29, 0.717) is 23.5 Å². The van der Waals surface area contributed by atoms with Gasteiger partial charge in [0.15, 0.2) is 11.5 Å². The van der Waals surface area contributed by atoms with Gasteiger partial charge in [-0.1, -0.05) is 19.9 Å². The molecule has 1 aromatic carbocycles. The second-order valence-electron chi connectivity index (χ2n) is 6.69. The van der Waals surface area contributed by atoms with E-state index in [0.717, 1.165) is 0 Å². The third-order valence-corrected chi connectivity index (χ3v) is 3.98. The molecular weight excluding hydrogens is 310 g/mol. The lowest BCUT2D eigenvalue weighted by Crippen LogP contribution is -2.48. The number of aliphatic carboxylic acids is 1. The van der Waals surface area contributed by atoms with Crippen LogP contribution < -0.4 is 14.8 Å². The molecule has 0 bridgehead atoms. The maximum Gasteiger partial charge on any atom is 0.326 e. The normalized spacial score (nSPS) is 12.6. The smallest absolute Gasteiger partial charge is 0.326 e. The largest absolute Gasteiger partial charge is 0.493 e. The van der Waals surface area contributed by atoms with Gasteiger partial charge in [-0.25, -0.2) is 4.79 Å². The van der Waals surface area contributed by atoms with E-state index in [1.165, 1.54) is 7.11 Å². The maximum atomic E-state index is 12.7. The molecule has 134 valence electrons. The van der Waals surface area contributed by atoms with Crippen LogP contribution in [0.15, 0.2) is 18.2 Å². The van der Waals surface area contributed by atoms with Crippen LogP contribution in [-0.2, 0) is 15.0 Å². The first kappa shape index (κ1) is 19.8. The Morgan fingerprint density at radius 3 is 2.21 bits per heavy atom. The van der Waals surface area contributed by atoms with Gasteiger partial charge in [0.25, 0.3) is 0 Å². The molecule has 0 fully saturated rings. The van der Waals surface area contributed by atoms with Gasteiger partial charge in [0, 0.05) is 0 Å². The Labute approximate surface area is 143 Å². The predicted octanol–water partition coefficient (Wildman–Crippen LogP) is 2.60. The van der Waals surface area contributed by atoms with Gasteiger partial charge < -0.3 is 19.9 Å². The van der Waals surface area contributed by atoms with Crippen molar-refractivity contribution in [3.8, 4) is 11.5 Å². The lowest BCUT2D eigenvalue weighted by atomic mass is 9.83. The average molecular weight is 337 g/mol. The van der Waals surface area contributed by atoms with Crippen LogP contribution in [0.1, 0.15) is 39.7 Å². The summed E-state index contributed by atoms with van der Waals surface area (Å²) in [7, 11) is 3.07. The highest BCUT2D eigenvalue weighted by Gasteiger charge is 2.33. The molecule has 1 atom stereocenters. The highest BCUT2D eigenvalue weighted by Crippen LogP contribution is 2.33. The Kier molecular flexibility index (Phi) is 6.63. The molecule has 1 aromatic rings. The Bertz CT molecular complexity index is 595. The highest BCUT2D eigenvalue weighted by atomic mass is 16.5. The molecule has 0 spiro atoms. The number of carboxylic acids is 1. The third kappa shape index (κ3) is 4.63. The summed E-state index contributed by atoms with van der Waals surface area (Å²) in [5.74, 6) is -0.118. The number of benzene rings is 1. The van der Waals surface area contributed by atoms with Crippen molar-refractivity contribution in [2.45, 2.75) is 45.6 Å². The fourth-order valence-corrected chi connectivity index (χ4v) is 2.39. The van der Waals surface area contributed by atoms with E-state index in [1.807, 2.05) is 13.8 Å². The molecule has 0 aliphatic heterocycles. The third-order valence-electron chi connectivity index (χ3n) is 3.98. The zero-order chi connectivity index (χ0) is 18.5. The van der Waals surface area contributed by atoms with Gasteiger partial charge in [-0.2, -0.15) is 0 Å². The fourth-order valence-electron chi connectivity index (χ4n) is 2.39. The number of methoxy groups -OCH3 is 2. The lowest BCUT2D eigenvalue weighted by molar-refractivity contribution is -0.143. The molecule has 1 rings (SSSR count). The minimum Gasteiger partial charge on any atom is -0.493 e. The molecule has 0 radical (unpaired) electrons. The number of amides is 1. The number of carbonyl (C=O) groups is 2. The number of carbonyl (C=O) groups excluding carboxylic acids is 1. The topological polar surface area (TPSA) is 84.9 Å². The van der Waals surface area contributed by atoms with Crippen LogP contribution in [0.2, 0.25) is 0 Å². The second-order valence-corrected chi connectivity index (χ2v) is 6.69. The van der Waals surface area contributed by atoms with E-state index in [4.69, 9.17) is 9.47 Å². The van der Waals surface area contributed by atoms with Crippen molar-refractivity contribution in [1.29, 1.82) is 0 Å². The van der Waals surface area contributed by atoms with Gasteiger partial charge >= 0.3 is 5.97 Å². The van der Waals surface area contributed by atoms with Crippen molar-refractivity contribution >= 4 is 11.9 Å².